The van der Waals surface area contributed by atoms with Gasteiger partial charge < -0.3 is 5.32 Å². The van der Waals surface area contributed by atoms with Crippen LogP contribution in [0, 0.1) is 5.92 Å². The minimum Gasteiger partial charge on any atom is -0.311 e. The van der Waals surface area contributed by atoms with Crippen molar-refractivity contribution in [3.8, 4) is 0 Å². The normalized spacial score (nSPS) is 23.9. The average molecular weight is 319 g/mol. The average Bonchev–Trinajstić information content (AvgIpc) is 2.44. The molecule has 0 amide bonds. The predicted molar refractivity (Wildman–Crippen MR) is 90.4 cm³/mol. The van der Waals surface area contributed by atoms with Crippen LogP contribution >= 0.6 is 0 Å². The Hall–Kier alpha value is -0.130. The van der Waals surface area contributed by atoms with Crippen LogP contribution in [0.25, 0.3) is 0 Å². The van der Waals surface area contributed by atoms with Crippen LogP contribution in [-0.2, 0) is 9.84 Å². The van der Waals surface area contributed by atoms with Gasteiger partial charge in [0.15, 0.2) is 9.84 Å². The van der Waals surface area contributed by atoms with Gasteiger partial charge in [0, 0.05) is 31.2 Å². The molecule has 0 saturated carbocycles. The third-order valence-electron chi connectivity index (χ3n) is 5.27. The predicted octanol–water partition coefficient (Wildman–Crippen LogP) is 2.30. The van der Waals surface area contributed by atoms with Gasteiger partial charge in [-0.3, -0.25) is 4.90 Å². The summed E-state index contributed by atoms with van der Waals surface area (Å²) >= 11 is 0. The summed E-state index contributed by atoms with van der Waals surface area (Å²) in [6.45, 7) is 15.0. The Morgan fingerprint density at radius 3 is 2.19 bits per heavy atom. The molecule has 1 atom stereocenters. The van der Waals surface area contributed by atoms with Gasteiger partial charge in [-0.2, -0.15) is 0 Å². The highest BCUT2D eigenvalue weighted by atomic mass is 32.2. The lowest BCUT2D eigenvalue weighted by Gasteiger charge is -2.50. The van der Waals surface area contributed by atoms with Gasteiger partial charge in [-0.15, -0.1) is 0 Å². The zero-order valence-corrected chi connectivity index (χ0v) is 15.5. The topological polar surface area (TPSA) is 49.4 Å². The van der Waals surface area contributed by atoms with Gasteiger partial charge in [0.1, 0.15) is 0 Å². The summed E-state index contributed by atoms with van der Waals surface area (Å²) in [5, 5.41) is 3.39. The van der Waals surface area contributed by atoms with Crippen LogP contribution in [0.15, 0.2) is 0 Å². The van der Waals surface area contributed by atoms with E-state index < -0.39 is 9.84 Å². The monoisotopic (exact) mass is 318 g/mol. The summed E-state index contributed by atoms with van der Waals surface area (Å²) in [6, 6.07) is 0.456. The van der Waals surface area contributed by atoms with E-state index in [-0.39, 0.29) is 16.5 Å². The smallest absolute Gasteiger partial charge is 0.153 e. The zero-order chi connectivity index (χ0) is 16.3. The second-order valence-electron chi connectivity index (χ2n) is 7.02. The molecule has 1 rings (SSSR count). The van der Waals surface area contributed by atoms with E-state index in [1.54, 1.807) is 13.8 Å². The van der Waals surface area contributed by atoms with Crippen molar-refractivity contribution in [1.82, 2.24) is 10.2 Å². The Balaban J connectivity index is 2.85. The van der Waals surface area contributed by atoms with Gasteiger partial charge >= 0.3 is 0 Å². The minimum atomic E-state index is -2.96. The van der Waals surface area contributed by atoms with Crippen LogP contribution in [-0.4, -0.2) is 55.5 Å². The highest BCUT2D eigenvalue weighted by Gasteiger charge is 2.39. The van der Waals surface area contributed by atoms with Crippen molar-refractivity contribution in [3.63, 3.8) is 0 Å². The van der Waals surface area contributed by atoms with Gasteiger partial charge in [0.2, 0.25) is 0 Å². The zero-order valence-electron chi connectivity index (χ0n) is 14.6. The van der Waals surface area contributed by atoms with Crippen molar-refractivity contribution in [2.75, 3.05) is 25.4 Å². The van der Waals surface area contributed by atoms with E-state index in [1.807, 2.05) is 0 Å². The Kier molecular flexibility index (Phi) is 6.69. The van der Waals surface area contributed by atoms with E-state index in [4.69, 9.17) is 0 Å². The molecule has 0 bridgehead atoms. The molecule has 4 nitrogen and oxygen atoms in total. The van der Waals surface area contributed by atoms with Crippen LogP contribution in [0.1, 0.15) is 54.4 Å². The van der Waals surface area contributed by atoms with E-state index in [2.05, 4.69) is 37.9 Å². The first-order valence-corrected chi connectivity index (χ1v) is 10.1. The van der Waals surface area contributed by atoms with Crippen LogP contribution < -0.4 is 5.32 Å². The molecule has 1 N–H and O–H groups in total. The molecule has 5 heteroatoms. The number of nitrogens with zero attached hydrogens (tertiary/aromatic N) is 1. The van der Waals surface area contributed by atoms with Crippen molar-refractivity contribution >= 4 is 9.84 Å². The highest BCUT2D eigenvalue weighted by molar-refractivity contribution is 7.92. The molecular weight excluding hydrogens is 284 g/mol. The molecule has 1 fully saturated rings. The molecule has 1 saturated heterocycles. The van der Waals surface area contributed by atoms with Crippen molar-refractivity contribution in [2.45, 2.75) is 71.2 Å². The van der Waals surface area contributed by atoms with Gasteiger partial charge in [-0.25, -0.2) is 8.42 Å². The lowest BCUT2D eigenvalue weighted by atomic mass is 9.85. The highest BCUT2D eigenvalue weighted by Crippen LogP contribution is 2.28. The summed E-state index contributed by atoms with van der Waals surface area (Å²) in [6.07, 6.45) is 2.12. The molecule has 126 valence electrons. The third-order valence-corrected chi connectivity index (χ3v) is 7.45. The Bertz CT molecular complexity index is 414. The number of nitrogens with one attached hydrogen (secondary N) is 1. The fraction of sp³-hybridized carbons (Fsp3) is 1.00. The number of rotatable bonds is 7. The molecular formula is C16H34N2O2S. The lowest BCUT2D eigenvalue weighted by Crippen LogP contribution is -2.65. The maximum absolute atomic E-state index is 12.1. The molecule has 0 aromatic heterocycles. The Morgan fingerprint density at radius 2 is 1.76 bits per heavy atom. The summed E-state index contributed by atoms with van der Waals surface area (Å²) < 4.78 is 24.3. The second kappa shape index (κ2) is 7.42. The van der Waals surface area contributed by atoms with Gasteiger partial charge in [0.05, 0.1) is 11.0 Å². The second-order valence-corrected chi connectivity index (χ2v) is 9.70. The van der Waals surface area contributed by atoms with E-state index in [0.29, 0.717) is 18.5 Å². The van der Waals surface area contributed by atoms with Gasteiger partial charge in [-0.1, -0.05) is 27.7 Å². The fourth-order valence-corrected chi connectivity index (χ4v) is 4.07. The van der Waals surface area contributed by atoms with E-state index >= 15 is 0 Å². The summed E-state index contributed by atoms with van der Waals surface area (Å²) in [5.74, 6) is 0.845. The molecule has 1 aliphatic rings. The van der Waals surface area contributed by atoms with E-state index in [0.717, 1.165) is 25.9 Å². The SMILES string of the molecule is CCC1(CC)CNC(C(C)C)CN1CCS(=O)(=O)C(C)C. The molecule has 1 unspecified atom stereocenters. The molecule has 0 aliphatic carbocycles. The number of hydrogen-bond acceptors (Lipinski definition) is 4. The molecule has 0 spiro atoms. The van der Waals surface area contributed by atoms with Crippen molar-refractivity contribution < 1.29 is 8.42 Å². The molecule has 0 aromatic rings. The van der Waals surface area contributed by atoms with E-state index in [1.165, 1.54) is 0 Å². The molecule has 0 radical (unpaired) electrons. The van der Waals surface area contributed by atoms with Gasteiger partial charge in [0.25, 0.3) is 0 Å². The maximum atomic E-state index is 12.1. The summed E-state index contributed by atoms with van der Waals surface area (Å²) in [5.41, 5.74) is 0.109. The van der Waals surface area contributed by atoms with Gasteiger partial charge in [-0.05, 0) is 32.6 Å². The first-order chi connectivity index (χ1) is 9.68. The van der Waals surface area contributed by atoms with Crippen LogP contribution in [0.3, 0.4) is 0 Å². The standard InChI is InChI=1S/C16H34N2O2S/c1-7-16(8-2)12-17-15(13(3)4)11-18(16)9-10-21(19,20)14(5)6/h13-15,17H,7-12H2,1-6H3. The maximum Gasteiger partial charge on any atom is 0.153 e. The first kappa shape index (κ1) is 18.9. The molecule has 1 aliphatic heterocycles. The molecule has 21 heavy (non-hydrogen) atoms. The van der Waals surface area contributed by atoms with Crippen molar-refractivity contribution in [2.24, 2.45) is 5.92 Å². The minimum absolute atomic E-state index is 0.109. The van der Waals surface area contributed by atoms with Crippen molar-refractivity contribution in [1.29, 1.82) is 0 Å². The number of hydrogen-bond donors (Lipinski definition) is 1. The number of sulfone groups is 1. The third kappa shape index (κ3) is 4.42. The largest absolute Gasteiger partial charge is 0.311 e. The molecule has 1 heterocycles. The van der Waals surface area contributed by atoms with Crippen LogP contribution in [0.2, 0.25) is 0 Å². The fourth-order valence-electron chi connectivity index (χ4n) is 3.12. The Labute approximate surface area is 131 Å². The Morgan fingerprint density at radius 1 is 1.19 bits per heavy atom. The molecule has 0 aromatic carbocycles. The van der Waals surface area contributed by atoms with Crippen molar-refractivity contribution in [3.05, 3.63) is 0 Å². The summed E-state index contributed by atoms with van der Waals surface area (Å²) in [4.78, 5) is 2.44. The summed E-state index contributed by atoms with van der Waals surface area (Å²) in [7, 11) is -2.96. The number of piperazine rings is 1. The quantitative estimate of drug-likeness (QED) is 0.782. The lowest BCUT2D eigenvalue weighted by molar-refractivity contribution is 0.0276. The van der Waals surface area contributed by atoms with Crippen LogP contribution in [0.4, 0.5) is 0 Å². The first-order valence-electron chi connectivity index (χ1n) is 8.38. The van der Waals surface area contributed by atoms with Crippen LogP contribution in [0.5, 0.6) is 0 Å². The van der Waals surface area contributed by atoms with E-state index in [9.17, 15) is 8.42 Å².